The first-order valence-electron chi connectivity index (χ1n) is 13.3. The molecule has 1 atom stereocenters. The van der Waals surface area contributed by atoms with Gasteiger partial charge < -0.3 is 10.2 Å². The van der Waals surface area contributed by atoms with E-state index < -0.39 is 34.1 Å². The highest BCUT2D eigenvalue weighted by atomic mass is 35.5. The molecule has 0 heterocycles. The van der Waals surface area contributed by atoms with Gasteiger partial charge in [0.15, 0.2) is 0 Å². The zero-order valence-corrected chi connectivity index (χ0v) is 26.6. The third-order valence-electron chi connectivity index (χ3n) is 6.40. The average molecular weight is 619 g/mol. The fourth-order valence-electron chi connectivity index (χ4n) is 4.39. The van der Waals surface area contributed by atoms with E-state index in [1.165, 1.54) is 35.2 Å². The molecular formula is C31H37Cl2N3O4S. The third-order valence-corrected chi connectivity index (χ3v) is 8.93. The van der Waals surface area contributed by atoms with Crippen LogP contribution in [0.25, 0.3) is 0 Å². The lowest BCUT2D eigenvalue weighted by atomic mass is 10.0. The normalized spacial score (nSPS) is 12.5. The lowest BCUT2D eigenvalue weighted by molar-refractivity contribution is -0.141. The van der Waals surface area contributed by atoms with Gasteiger partial charge in [0.1, 0.15) is 12.6 Å². The van der Waals surface area contributed by atoms with Crippen molar-refractivity contribution in [1.82, 2.24) is 10.2 Å². The number of nitrogens with zero attached hydrogens (tertiary/aromatic N) is 2. The Morgan fingerprint density at radius 2 is 1.56 bits per heavy atom. The second kappa shape index (κ2) is 13.3. The predicted octanol–water partition coefficient (Wildman–Crippen LogP) is 6.53. The number of halogens is 2. The molecule has 0 aliphatic rings. The number of amides is 2. The molecule has 2 amide bonds. The fraction of sp³-hybridized carbons (Fsp3) is 0.355. The number of anilines is 1. The zero-order chi connectivity index (χ0) is 30.5. The SMILES string of the molecule is CC[C@@H](C(=O)NC(C)(C)C)N(Cc1cccc(C)c1)C(=O)CN(c1ccc(Cl)c(Cl)c1)S(=O)(=O)c1ccc(C)cc1. The van der Waals surface area contributed by atoms with Crippen molar-refractivity contribution in [3.63, 3.8) is 0 Å². The van der Waals surface area contributed by atoms with Crippen LogP contribution in [0.1, 0.15) is 50.8 Å². The molecule has 220 valence electrons. The Labute approximate surface area is 253 Å². The molecule has 10 heteroatoms. The highest BCUT2D eigenvalue weighted by Gasteiger charge is 2.34. The molecule has 3 aromatic carbocycles. The summed E-state index contributed by atoms with van der Waals surface area (Å²) in [6.07, 6.45) is 0.330. The van der Waals surface area contributed by atoms with Gasteiger partial charge in [-0.25, -0.2) is 8.42 Å². The van der Waals surface area contributed by atoms with E-state index in [1.807, 2.05) is 65.8 Å². The lowest BCUT2D eigenvalue weighted by Crippen LogP contribution is -2.55. The van der Waals surface area contributed by atoms with Gasteiger partial charge in [-0.1, -0.05) is 77.7 Å². The number of benzene rings is 3. The minimum absolute atomic E-state index is 0.0183. The summed E-state index contributed by atoms with van der Waals surface area (Å²) in [5.74, 6) is -0.854. The Kier molecular flexibility index (Phi) is 10.5. The number of hydrogen-bond donors (Lipinski definition) is 1. The number of hydrogen-bond acceptors (Lipinski definition) is 4. The molecule has 0 radical (unpaired) electrons. The molecule has 3 aromatic rings. The molecule has 3 rings (SSSR count). The monoisotopic (exact) mass is 617 g/mol. The zero-order valence-electron chi connectivity index (χ0n) is 24.2. The molecule has 0 bridgehead atoms. The summed E-state index contributed by atoms with van der Waals surface area (Å²) < 4.78 is 28.9. The van der Waals surface area contributed by atoms with Crippen molar-refractivity contribution in [3.8, 4) is 0 Å². The number of aryl methyl sites for hydroxylation is 2. The Morgan fingerprint density at radius 1 is 0.902 bits per heavy atom. The molecule has 0 spiro atoms. The van der Waals surface area contributed by atoms with Gasteiger partial charge >= 0.3 is 0 Å². The van der Waals surface area contributed by atoms with E-state index in [9.17, 15) is 18.0 Å². The van der Waals surface area contributed by atoms with Crippen molar-refractivity contribution in [3.05, 3.63) is 93.5 Å². The Hall–Kier alpha value is -3.07. The maximum Gasteiger partial charge on any atom is 0.264 e. The second-order valence-electron chi connectivity index (χ2n) is 11.1. The Bertz CT molecular complexity index is 1500. The van der Waals surface area contributed by atoms with Crippen LogP contribution in [-0.2, 0) is 26.2 Å². The van der Waals surface area contributed by atoms with Crippen LogP contribution in [0, 0.1) is 13.8 Å². The van der Waals surface area contributed by atoms with Crippen molar-refractivity contribution >= 4 is 50.7 Å². The summed E-state index contributed by atoms with van der Waals surface area (Å²) in [5.41, 5.74) is 2.37. The van der Waals surface area contributed by atoms with E-state index >= 15 is 0 Å². The van der Waals surface area contributed by atoms with Gasteiger partial charge in [-0.2, -0.15) is 0 Å². The van der Waals surface area contributed by atoms with Gasteiger partial charge in [0.25, 0.3) is 10.0 Å². The van der Waals surface area contributed by atoms with Crippen LogP contribution in [0.3, 0.4) is 0 Å². The molecule has 0 aliphatic heterocycles. The predicted molar refractivity (Wildman–Crippen MR) is 166 cm³/mol. The molecule has 41 heavy (non-hydrogen) atoms. The molecule has 0 aliphatic carbocycles. The van der Waals surface area contributed by atoms with Crippen molar-refractivity contribution in [1.29, 1.82) is 0 Å². The second-order valence-corrected chi connectivity index (χ2v) is 13.8. The molecular weight excluding hydrogens is 581 g/mol. The van der Waals surface area contributed by atoms with E-state index in [2.05, 4.69) is 5.32 Å². The molecule has 7 nitrogen and oxygen atoms in total. The Balaban J connectivity index is 2.10. The quantitative estimate of drug-likeness (QED) is 0.280. The van der Waals surface area contributed by atoms with Crippen molar-refractivity contribution < 1.29 is 18.0 Å². The van der Waals surface area contributed by atoms with E-state index in [1.54, 1.807) is 12.1 Å². The van der Waals surface area contributed by atoms with E-state index in [-0.39, 0.29) is 33.1 Å². The summed E-state index contributed by atoms with van der Waals surface area (Å²) in [5, 5.41) is 3.36. The first-order chi connectivity index (χ1) is 19.1. The first kappa shape index (κ1) is 32.4. The fourth-order valence-corrected chi connectivity index (χ4v) is 6.08. The van der Waals surface area contributed by atoms with Gasteiger partial charge in [-0.15, -0.1) is 0 Å². The smallest absolute Gasteiger partial charge is 0.264 e. The lowest BCUT2D eigenvalue weighted by Gasteiger charge is -2.35. The van der Waals surface area contributed by atoms with Crippen LogP contribution in [0.2, 0.25) is 10.0 Å². The average Bonchev–Trinajstić information content (AvgIpc) is 2.88. The molecule has 0 saturated carbocycles. The number of sulfonamides is 1. The minimum Gasteiger partial charge on any atom is -0.350 e. The summed E-state index contributed by atoms with van der Waals surface area (Å²) in [7, 11) is -4.21. The molecule has 0 saturated heterocycles. The maximum atomic E-state index is 14.2. The van der Waals surface area contributed by atoms with Crippen molar-refractivity contribution in [2.24, 2.45) is 0 Å². The van der Waals surface area contributed by atoms with Crippen LogP contribution < -0.4 is 9.62 Å². The molecule has 1 N–H and O–H groups in total. The van der Waals surface area contributed by atoms with Gasteiger partial charge in [0.05, 0.1) is 20.6 Å². The van der Waals surface area contributed by atoms with E-state index in [0.717, 1.165) is 21.0 Å². The topological polar surface area (TPSA) is 86.8 Å². The maximum absolute atomic E-state index is 14.2. The van der Waals surface area contributed by atoms with Crippen molar-refractivity contribution in [2.45, 2.75) is 71.0 Å². The first-order valence-corrected chi connectivity index (χ1v) is 15.5. The summed E-state index contributed by atoms with van der Waals surface area (Å²) in [6.45, 7) is 10.8. The van der Waals surface area contributed by atoms with E-state index in [4.69, 9.17) is 23.2 Å². The standard InChI is InChI=1S/C31H37Cl2N3O4S/c1-7-28(30(38)34-31(4,5)6)35(19-23-10-8-9-22(3)17-23)29(37)20-36(24-13-16-26(32)27(33)18-24)41(39,40)25-14-11-21(2)12-15-25/h8-18,28H,7,19-20H2,1-6H3,(H,34,38)/t28-/m0/s1. The van der Waals surface area contributed by atoms with E-state index in [0.29, 0.717) is 6.42 Å². The third kappa shape index (κ3) is 8.47. The minimum atomic E-state index is -4.21. The van der Waals surface area contributed by atoms with Crippen molar-refractivity contribution in [2.75, 3.05) is 10.8 Å². The summed E-state index contributed by atoms with van der Waals surface area (Å²) in [6, 6.07) is 17.6. The van der Waals surface area contributed by atoms with Crippen LogP contribution in [-0.4, -0.2) is 43.3 Å². The number of rotatable bonds is 10. The molecule has 0 unspecified atom stereocenters. The molecule has 0 fully saturated rings. The van der Waals surface area contributed by atoms with Gasteiger partial charge in [0, 0.05) is 12.1 Å². The summed E-state index contributed by atoms with van der Waals surface area (Å²) in [4.78, 5) is 29.0. The van der Waals surface area contributed by atoms with Gasteiger partial charge in [0.2, 0.25) is 11.8 Å². The van der Waals surface area contributed by atoms with Crippen LogP contribution in [0.4, 0.5) is 5.69 Å². The summed E-state index contributed by atoms with van der Waals surface area (Å²) >= 11 is 12.4. The number of carbonyl (C=O) groups excluding carboxylic acids is 2. The highest BCUT2D eigenvalue weighted by Crippen LogP contribution is 2.31. The largest absolute Gasteiger partial charge is 0.350 e. The number of carbonyl (C=O) groups is 2. The van der Waals surface area contributed by atoms with Crippen LogP contribution in [0.15, 0.2) is 71.6 Å². The molecule has 0 aromatic heterocycles. The highest BCUT2D eigenvalue weighted by molar-refractivity contribution is 7.92. The van der Waals surface area contributed by atoms with Crippen LogP contribution >= 0.6 is 23.2 Å². The van der Waals surface area contributed by atoms with Crippen LogP contribution in [0.5, 0.6) is 0 Å². The number of nitrogens with one attached hydrogen (secondary N) is 1. The Morgan fingerprint density at radius 3 is 2.12 bits per heavy atom. The van der Waals surface area contributed by atoms with Gasteiger partial charge in [-0.05, 0) is 76.9 Å². The van der Waals surface area contributed by atoms with Gasteiger partial charge in [-0.3, -0.25) is 13.9 Å².